The lowest BCUT2D eigenvalue weighted by atomic mass is 9.85. The summed E-state index contributed by atoms with van der Waals surface area (Å²) in [5.41, 5.74) is -0.891. The minimum atomic E-state index is -0.891. The molecule has 0 aromatic heterocycles. The Labute approximate surface area is 169 Å². The summed E-state index contributed by atoms with van der Waals surface area (Å²) in [6, 6.07) is 0. The Kier molecular flexibility index (Phi) is 11.6. The van der Waals surface area contributed by atoms with Crippen LogP contribution >= 0.6 is 0 Å². The largest absolute Gasteiger partial charge is 0.469 e. The van der Waals surface area contributed by atoms with Crippen LogP contribution in [0.15, 0.2) is 24.3 Å². The second-order valence-corrected chi connectivity index (χ2v) is 8.31. The lowest BCUT2D eigenvalue weighted by Gasteiger charge is -2.24. The molecular weight excluding hydrogens is 359 g/mol. The fraction of sp³-hybridized carbons (Fsp3) is 0.783. The number of aliphatic hydroxyl groups is 2. The third kappa shape index (κ3) is 8.87. The fourth-order valence-electron chi connectivity index (χ4n) is 4.00. The van der Waals surface area contributed by atoms with E-state index < -0.39 is 18.4 Å². The zero-order chi connectivity index (χ0) is 21.0. The van der Waals surface area contributed by atoms with Gasteiger partial charge in [-0.05, 0) is 56.8 Å². The molecule has 28 heavy (non-hydrogen) atoms. The molecule has 1 aliphatic rings. The molecule has 0 bridgehead atoms. The van der Waals surface area contributed by atoms with Crippen LogP contribution in [0.2, 0.25) is 0 Å². The van der Waals surface area contributed by atoms with Gasteiger partial charge in [-0.1, -0.05) is 50.5 Å². The van der Waals surface area contributed by atoms with Crippen LogP contribution in [-0.2, 0) is 9.53 Å². The first-order valence-corrected chi connectivity index (χ1v) is 10.7. The number of halogens is 1. The average molecular weight is 399 g/mol. The smallest absolute Gasteiger partial charge is 0.305 e. The predicted octanol–water partition coefficient (Wildman–Crippen LogP) is 4.75. The van der Waals surface area contributed by atoms with Crippen LogP contribution in [0, 0.1) is 17.8 Å². The Morgan fingerprint density at radius 1 is 1.29 bits per heavy atom. The second-order valence-electron chi connectivity index (χ2n) is 8.31. The van der Waals surface area contributed by atoms with E-state index in [4.69, 9.17) is 0 Å². The normalized spacial score (nSPS) is 27.5. The minimum Gasteiger partial charge on any atom is -0.469 e. The zero-order valence-corrected chi connectivity index (χ0v) is 17.8. The number of aliphatic hydroxyl groups excluding tert-OH is 1. The highest BCUT2D eigenvalue weighted by atomic mass is 19.1. The van der Waals surface area contributed by atoms with Crippen LogP contribution in [0.3, 0.4) is 0 Å². The van der Waals surface area contributed by atoms with Gasteiger partial charge in [0.15, 0.2) is 0 Å². The number of esters is 1. The highest BCUT2D eigenvalue weighted by Gasteiger charge is 2.40. The Balaban J connectivity index is 2.62. The number of ether oxygens (including phenoxy) is 1. The Bertz CT molecular complexity index is 501. The van der Waals surface area contributed by atoms with Crippen molar-refractivity contribution >= 4 is 5.97 Å². The van der Waals surface area contributed by atoms with Crippen LogP contribution in [0.5, 0.6) is 0 Å². The van der Waals surface area contributed by atoms with Gasteiger partial charge in [0.1, 0.15) is 0 Å². The third-order valence-corrected chi connectivity index (χ3v) is 5.79. The van der Waals surface area contributed by atoms with Gasteiger partial charge in [-0.15, -0.1) is 0 Å². The maximum atomic E-state index is 13.5. The van der Waals surface area contributed by atoms with Gasteiger partial charge in [0.05, 0.1) is 25.5 Å². The summed E-state index contributed by atoms with van der Waals surface area (Å²) >= 11 is 0. The first-order valence-electron chi connectivity index (χ1n) is 10.7. The van der Waals surface area contributed by atoms with Crippen LogP contribution in [-0.4, -0.2) is 41.7 Å². The summed E-state index contributed by atoms with van der Waals surface area (Å²) in [7, 11) is 1.38. The number of methoxy groups -OCH3 is 1. The monoisotopic (exact) mass is 398 g/mol. The molecule has 1 fully saturated rings. The van der Waals surface area contributed by atoms with Crippen molar-refractivity contribution < 1.29 is 24.1 Å². The van der Waals surface area contributed by atoms with Crippen molar-refractivity contribution in [2.75, 3.05) is 13.8 Å². The van der Waals surface area contributed by atoms with Gasteiger partial charge in [0.25, 0.3) is 0 Å². The van der Waals surface area contributed by atoms with Crippen molar-refractivity contribution in [2.24, 2.45) is 17.8 Å². The lowest BCUT2D eigenvalue weighted by molar-refractivity contribution is -0.140. The number of carbonyl (C=O) groups is 1. The van der Waals surface area contributed by atoms with Crippen molar-refractivity contribution in [3.63, 3.8) is 0 Å². The molecule has 2 N–H and O–H groups in total. The van der Waals surface area contributed by atoms with Gasteiger partial charge in [0.2, 0.25) is 0 Å². The first-order chi connectivity index (χ1) is 13.3. The molecule has 0 spiro atoms. The van der Waals surface area contributed by atoms with Crippen molar-refractivity contribution in [3.05, 3.63) is 24.3 Å². The number of rotatable bonds is 13. The summed E-state index contributed by atoms with van der Waals surface area (Å²) in [6.45, 7) is 3.47. The topological polar surface area (TPSA) is 66.8 Å². The number of carbonyl (C=O) groups excluding carboxylic acids is 1. The Morgan fingerprint density at radius 3 is 2.68 bits per heavy atom. The summed E-state index contributed by atoms with van der Waals surface area (Å²) in [4.78, 5) is 11.1. The van der Waals surface area contributed by atoms with Crippen LogP contribution in [0.4, 0.5) is 4.39 Å². The molecule has 0 saturated heterocycles. The molecule has 1 saturated carbocycles. The fourth-order valence-corrected chi connectivity index (χ4v) is 4.00. The van der Waals surface area contributed by atoms with E-state index in [2.05, 4.69) is 11.7 Å². The molecule has 0 aromatic carbocycles. The highest BCUT2D eigenvalue weighted by molar-refractivity contribution is 5.69. The lowest BCUT2D eigenvalue weighted by Crippen LogP contribution is -2.23. The van der Waals surface area contributed by atoms with Gasteiger partial charge in [-0.25, -0.2) is 0 Å². The van der Waals surface area contributed by atoms with Crippen molar-refractivity contribution in [1.82, 2.24) is 0 Å². The Hall–Kier alpha value is -1.20. The second kappa shape index (κ2) is 13.1. The number of hydrogen-bond donors (Lipinski definition) is 2. The summed E-state index contributed by atoms with van der Waals surface area (Å²) in [5, 5.41) is 21.0. The zero-order valence-electron chi connectivity index (χ0n) is 17.8. The van der Waals surface area contributed by atoms with Crippen LogP contribution in [0.1, 0.15) is 71.6 Å². The molecule has 5 heteroatoms. The molecule has 1 unspecified atom stereocenters. The number of hydrogen-bond acceptors (Lipinski definition) is 4. The molecule has 4 nitrogen and oxygen atoms in total. The predicted molar refractivity (Wildman–Crippen MR) is 111 cm³/mol. The summed E-state index contributed by atoms with van der Waals surface area (Å²) in [5.74, 6) is -0.519. The molecule has 0 aliphatic heterocycles. The molecule has 0 heterocycles. The van der Waals surface area contributed by atoms with Crippen molar-refractivity contribution in [1.29, 1.82) is 0 Å². The maximum absolute atomic E-state index is 13.5. The molecular formula is C23H39FO4. The molecule has 0 amide bonds. The van der Waals surface area contributed by atoms with E-state index in [9.17, 15) is 19.4 Å². The van der Waals surface area contributed by atoms with Crippen molar-refractivity contribution in [2.45, 2.75) is 83.3 Å². The molecule has 162 valence electrons. The SMILES string of the molecule is CCCCCC(C)(O)/C=C/[C@H]1[C@H](CF)C[C@H](O)[C@@H]1C/C=C\CCCC(=O)OC. The van der Waals surface area contributed by atoms with Gasteiger partial charge in [0, 0.05) is 6.42 Å². The number of allylic oxidation sites excluding steroid dienone is 3. The standard InChI is InChI=1S/C23H39FO4/c1-4-5-10-14-23(2,27)15-13-19-18(17-24)16-21(25)20(19)11-8-6-7-9-12-22(26)28-3/h6,8,13,15,18-21,25,27H,4-5,7,9-12,14,16-17H2,1-3H3/b8-6-,15-13+/t18-,19-,20+,21-,23?/m0/s1. The molecule has 1 aliphatic carbocycles. The summed E-state index contributed by atoms with van der Waals surface area (Å²) in [6.07, 6.45) is 14.1. The quantitative estimate of drug-likeness (QED) is 0.267. The first kappa shape index (κ1) is 24.8. The van der Waals surface area contributed by atoms with Crippen molar-refractivity contribution in [3.8, 4) is 0 Å². The van der Waals surface area contributed by atoms with Gasteiger partial charge in [-0.3, -0.25) is 9.18 Å². The van der Waals surface area contributed by atoms with Gasteiger partial charge in [-0.2, -0.15) is 0 Å². The van der Waals surface area contributed by atoms with E-state index in [0.717, 1.165) is 32.1 Å². The molecule has 0 radical (unpaired) electrons. The van der Waals surface area contributed by atoms with E-state index in [1.54, 1.807) is 13.0 Å². The van der Waals surface area contributed by atoms with Crippen LogP contribution in [0.25, 0.3) is 0 Å². The van der Waals surface area contributed by atoms with E-state index in [1.165, 1.54) is 7.11 Å². The average Bonchev–Trinajstić information content (AvgIpc) is 2.97. The van der Waals surface area contributed by atoms with E-state index >= 15 is 0 Å². The number of alkyl halides is 1. The minimum absolute atomic E-state index is 0.0414. The highest BCUT2D eigenvalue weighted by Crippen LogP contribution is 2.41. The molecule has 0 aromatic rings. The third-order valence-electron chi connectivity index (χ3n) is 5.79. The van der Waals surface area contributed by atoms with Crippen LogP contribution < -0.4 is 0 Å². The van der Waals surface area contributed by atoms with E-state index in [0.29, 0.717) is 25.7 Å². The molecule has 1 rings (SSSR count). The van der Waals surface area contributed by atoms with E-state index in [1.807, 2.05) is 18.2 Å². The number of unbranched alkanes of at least 4 members (excludes halogenated alkanes) is 3. The maximum Gasteiger partial charge on any atom is 0.305 e. The summed E-state index contributed by atoms with van der Waals surface area (Å²) < 4.78 is 18.1. The van der Waals surface area contributed by atoms with Gasteiger partial charge < -0.3 is 14.9 Å². The Morgan fingerprint density at radius 2 is 2.04 bits per heavy atom. The van der Waals surface area contributed by atoms with E-state index in [-0.39, 0.29) is 23.7 Å². The van der Waals surface area contributed by atoms with Gasteiger partial charge >= 0.3 is 5.97 Å². The molecule has 5 atom stereocenters.